The summed E-state index contributed by atoms with van der Waals surface area (Å²) in [4.78, 5) is 24.2. The molecule has 134 valence electrons. The van der Waals surface area contributed by atoms with Crippen LogP contribution in [0.5, 0.6) is 5.75 Å². The van der Waals surface area contributed by atoms with Crippen LogP contribution in [0.25, 0.3) is 6.08 Å². The number of hydrogen-bond acceptors (Lipinski definition) is 6. The van der Waals surface area contributed by atoms with Crippen LogP contribution in [0.2, 0.25) is 0 Å². The second-order valence-corrected chi connectivity index (χ2v) is 6.24. The number of esters is 1. The number of rotatable bonds is 0. The van der Waals surface area contributed by atoms with Crippen LogP contribution in [0.1, 0.15) is 34.8 Å². The number of ketones is 1. The molecule has 0 bridgehead atoms. The fourth-order valence-electron chi connectivity index (χ4n) is 2.49. The zero-order valence-electron chi connectivity index (χ0n) is 14.2. The SMILES string of the molecule is Cc1cc(O)c2c(c1)C=CC[C@H](O)[C@H](O)C(=O)/C=C\[C@@H](C)COC2=O. The highest BCUT2D eigenvalue weighted by atomic mass is 16.5. The summed E-state index contributed by atoms with van der Waals surface area (Å²) in [6.45, 7) is 3.52. The predicted octanol–water partition coefficient (Wildman–Crippen LogP) is 1.76. The number of aromatic hydroxyl groups is 1. The van der Waals surface area contributed by atoms with Crippen LogP contribution < -0.4 is 0 Å². The van der Waals surface area contributed by atoms with E-state index in [9.17, 15) is 24.9 Å². The van der Waals surface area contributed by atoms with E-state index in [4.69, 9.17) is 4.74 Å². The van der Waals surface area contributed by atoms with Crippen molar-refractivity contribution in [3.8, 4) is 5.75 Å². The summed E-state index contributed by atoms with van der Waals surface area (Å²) >= 11 is 0. The highest BCUT2D eigenvalue weighted by molar-refractivity contribution is 5.97. The minimum absolute atomic E-state index is 0.0116. The molecule has 0 unspecified atom stereocenters. The molecule has 0 aliphatic carbocycles. The topological polar surface area (TPSA) is 104 Å². The zero-order chi connectivity index (χ0) is 18.6. The van der Waals surface area contributed by atoms with Gasteiger partial charge in [0.25, 0.3) is 0 Å². The number of phenolic OH excluding ortho intramolecular Hbond substituents is 1. The molecular formula is C19H22O6. The number of benzene rings is 1. The van der Waals surface area contributed by atoms with Gasteiger partial charge in [-0.2, -0.15) is 0 Å². The van der Waals surface area contributed by atoms with Crippen LogP contribution in [0.4, 0.5) is 0 Å². The molecule has 1 heterocycles. The van der Waals surface area contributed by atoms with Gasteiger partial charge in [-0.3, -0.25) is 4.79 Å². The standard InChI is InChI=1S/C19H22O6/c1-11-6-7-15(21)18(23)14(20)5-3-4-13-8-12(2)9-16(22)17(13)19(24)25-10-11/h3-4,6-9,11,14,18,20,22-23H,5,10H2,1-2H3/b4-3?,7-6-/t11-,14+,18+/m1/s1. The third-order valence-electron chi connectivity index (χ3n) is 3.89. The van der Waals surface area contributed by atoms with Crippen molar-refractivity contribution < 1.29 is 29.6 Å². The van der Waals surface area contributed by atoms with Gasteiger partial charge in [0, 0.05) is 5.92 Å². The van der Waals surface area contributed by atoms with Crippen LogP contribution >= 0.6 is 0 Å². The van der Waals surface area contributed by atoms with E-state index in [-0.39, 0.29) is 30.3 Å². The minimum Gasteiger partial charge on any atom is -0.507 e. The Balaban J connectivity index is 2.42. The van der Waals surface area contributed by atoms with Gasteiger partial charge in [-0.05, 0) is 36.6 Å². The number of carbonyl (C=O) groups is 2. The van der Waals surface area contributed by atoms with Gasteiger partial charge >= 0.3 is 5.97 Å². The summed E-state index contributed by atoms with van der Waals surface area (Å²) in [7, 11) is 0. The maximum atomic E-state index is 12.3. The molecule has 0 radical (unpaired) electrons. The van der Waals surface area contributed by atoms with Gasteiger partial charge in [-0.15, -0.1) is 0 Å². The highest BCUT2D eigenvalue weighted by Crippen LogP contribution is 2.26. The Bertz CT molecular complexity index is 719. The van der Waals surface area contributed by atoms with E-state index in [0.717, 1.165) is 5.56 Å². The first-order valence-corrected chi connectivity index (χ1v) is 8.05. The number of phenols is 1. The van der Waals surface area contributed by atoms with E-state index in [2.05, 4.69) is 0 Å². The molecule has 1 aliphatic heterocycles. The van der Waals surface area contributed by atoms with Gasteiger partial charge in [0.05, 0.1) is 12.7 Å². The van der Waals surface area contributed by atoms with Crippen LogP contribution in [-0.2, 0) is 9.53 Å². The second-order valence-electron chi connectivity index (χ2n) is 6.24. The summed E-state index contributed by atoms with van der Waals surface area (Å²) in [6, 6.07) is 3.17. The number of cyclic esters (lactones) is 1. The lowest BCUT2D eigenvalue weighted by Gasteiger charge is -2.15. The first-order chi connectivity index (χ1) is 11.8. The lowest BCUT2D eigenvalue weighted by molar-refractivity contribution is -0.127. The molecule has 0 fully saturated rings. The largest absolute Gasteiger partial charge is 0.507 e. The van der Waals surface area contributed by atoms with Crippen molar-refractivity contribution in [3.63, 3.8) is 0 Å². The number of aryl methyl sites for hydroxylation is 1. The molecule has 0 saturated heterocycles. The van der Waals surface area contributed by atoms with Crippen molar-refractivity contribution in [2.24, 2.45) is 5.92 Å². The van der Waals surface area contributed by atoms with E-state index in [1.807, 2.05) is 0 Å². The second kappa shape index (κ2) is 8.09. The summed E-state index contributed by atoms with van der Waals surface area (Å²) in [5, 5.41) is 29.9. The van der Waals surface area contributed by atoms with E-state index in [1.165, 1.54) is 24.3 Å². The van der Waals surface area contributed by atoms with Crippen LogP contribution in [0.15, 0.2) is 30.4 Å². The third kappa shape index (κ3) is 4.78. The first-order valence-electron chi connectivity index (χ1n) is 8.05. The Morgan fingerprint density at radius 2 is 1.88 bits per heavy atom. The zero-order valence-corrected chi connectivity index (χ0v) is 14.2. The maximum absolute atomic E-state index is 12.3. The molecule has 0 aromatic heterocycles. The quantitative estimate of drug-likeness (QED) is 0.619. The number of hydrogen-bond donors (Lipinski definition) is 3. The molecule has 0 amide bonds. The monoisotopic (exact) mass is 346 g/mol. The fourth-order valence-corrected chi connectivity index (χ4v) is 2.49. The van der Waals surface area contributed by atoms with Gasteiger partial charge in [-0.25, -0.2) is 4.79 Å². The van der Waals surface area contributed by atoms with Gasteiger partial charge in [0.15, 0.2) is 5.78 Å². The van der Waals surface area contributed by atoms with Crippen LogP contribution in [-0.4, -0.2) is 45.9 Å². The van der Waals surface area contributed by atoms with Crippen molar-refractivity contribution in [1.29, 1.82) is 0 Å². The first kappa shape index (κ1) is 18.9. The summed E-state index contributed by atoms with van der Waals surface area (Å²) < 4.78 is 5.22. The summed E-state index contributed by atoms with van der Waals surface area (Å²) in [5.41, 5.74) is 1.24. The Hall–Kier alpha value is -2.44. The van der Waals surface area contributed by atoms with Gasteiger partial charge in [-0.1, -0.05) is 31.2 Å². The van der Waals surface area contributed by atoms with Crippen molar-refractivity contribution in [2.75, 3.05) is 6.61 Å². The lowest BCUT2D eigenvalue weighted by Crippen LogP contribution is -2.32. The molecule has 3 N–H and O–H groups in total. The lowest BCUT2D eigenvalue weighted by atomic mass is 10.00. The molecule has 0 spiro atoms. The van der Waals surface area contributed by atoms with Gasteiger partial charge < -0.3 is 20.1 Å². The molecule has 2 rings (SSSR count). The molecule has 1 aromatic carbocycles. The maximum Gasteiger partial charge on any atom is 0.342 e. The summed E-state index contributed by atoms with van der Waals surface area (Å²) in [5.74, 6) is -1.73. The Kier molecular flexibility index (Phi) is 6.12. The van der Waals surface area contributed by atoms with E-state index in [1.54, 1.807) is 26.0 Å². The molecule has 1 aliphatic rings. The highest BCUT2D eigenvalue weighted by Gasteiger charge is 2.22. The van der Waals surface area contributed by atoms with E-state index in [0.29, 0.717) is 5.56 Å². The van der Waals surface area contributed by atoms with Gasteiger partial charge in [0.1, 0.15) is 17.4 Å². The molecule has 25 heavy (non-hydrogen) atoms. The number of aliphatic hydroxyl groups excluding tert-OH is 2. The Morgan fingerprint density at radius 3 is 2.60 bits per heavy atom. The molecule has 1 aromatic rings. The molecule has 6 nitrogen and oxygen atoms in total. The number of fused-ring (bicyclic) bond motifs is 1. The van der Waals surface area contributed by atoms with Gasteiger partial charge in [0.2, 0.25) is 0 Å². The molecule has 6 heteroatoms. The van der Waals surface area contributed by atoms with Crippen LogP contribution in [0, 0.1) is 12.8 Å². The van der Waals surface area contributed by atoms with Crippen molar-refractivity contribution in [3.05, 3.63) is 47.1 Å². The van der Waals surface area contributed by atoms with E-state index >= 15 is 0 Å². The summed E-state index contributed by atoms with van der Waals surface area (Å²) in [6.07, 6.45) is 2.99. The van der Waals surface area contributed by atoms with Crippen LogP contribution in [0.3, 0.4) is 0 Å². The number of ether oxygens (including phenoxy) is 1. The average Bonchev–Trinajstić information content (AvgIpc) is 2.55. The molecule has 0 saturated carbocycles. The predicted molar refractivity (Wildman–Crippen MR) is 92.1 cm³/mol. The van der Waals surface area contributed by atoms with Crippen molar-refractivity contribution >= 4 is 17.8 Å². The smallest absolute Gasteiger partial charge is 0.342 e. The normalized spacial score (nSPS) is 26.5. The third-order valence-corrected chi connectivity index (χ3v) is 3.89. The number of carbonyl (C=O) groups excluding carboxylic acids is 2. The fraction of sp³-hybridized carbons (Fsp3) is 0.368. The average molecular weight is 346 g/mol. The molecule has 3 atom stereocenters. The molecular weight excluding hydrogens is 324 g/mol. The van der Waals surface area contributed by atoms with E-state index < -0.39 is 24.0 Å². The Labute approximate surface area is 146 Å². The number of aliphatic hydroxyl groups is 2. The van der Waals surface area contributed by atoms with Crippen molar-refractivity contribution in [2.45, 2.75) is 32.5 Å². The van der Waals surface area contributed by atoms with Crippen molar-refractivity contribution in [1.82, 2.24) is 0 Å². The Morgan fingerprint density at radius 1 is 1.16 bits per heavy atom. The minimum atomic E-state index is -1.52.